The van der Waals surface area contributed by atoms with Crippen LogP contribution >= 0.6 is 0 Å². The predicted molar refractivity (Wildman–Crippen MR) is 65.6 cm³/mol. The normalized spacial score (nSPS) is 14.9. The number of benzene rings is 1. The van der Waals surface area contributed by atoms with Gasteiger partial charge in [-0.25, -0.2) is 0 Å². The van der Waals surface area contributed by atoms with E-state index < -0.39 is 0 Å². The number of rotatable bonds is 4. The Morgan fingerprint density at radius 1 is 1.38 bits per heavy atom. The number of aryl methyl sites for hydroxylation is 2. The van der Waals surface area contributed by atoms with Crippen LogP contribution in [0.15, 0.2) is 18.2 Å². The molecule has 0 heterocycles. The summed E-state index contributed by atoms with van der Waals surface area (Å²) in [6.07, 6.45) is 2.41. The van der Waals surface area contributed by atoms with Crippen molar-refractivity contribution in [3.05, 3.63) is 29.3 Å². The molecule has 1 saturated carbocycles. The lowest BCUT2D eigenvalue weighted by Gasteiger charge is -2.09. The summed E-state index contributed by atoms with van der Waals surface area (Å²) in [5, 5.41) is 6.13. The molecule has 0 aliphatic heterocycles. The molecule has 2 rings (SSSR count). The summed E-state index contributed by atoms with van der Waals surface area (Å²) >= 11 is 0. The van der Waals surface area contributed by atoms with Gasteiger partial charge in [0.2, 0.25) is 5.91 Å². The molecule has 0 radical (unpaired) electrons. The zero-order valence-corrected chi connectivity index (χ0v) is 9.84. The van der Waals surface area contributed by atoms with Crippen molar-refractivity contribution in [2.75, 3.05) is 11.9 Å². The van der Waals surface area contributed by atoms with Crippen LogP contribution in [0.1, 0.15) is 24.0 Å². The van der Waals surface area contributed by atoms with Crippen molar-refractivity contribution in [1.29, 1.82) is 0 Å². The van der Waals surface area contributed by atoms with Crippen LogP contribution < -0.4 is 10.6 Å². The molecular formula is C13H18N2O. The molecule has 1 aliphatic carbocycles. The molecule has 1 aliphatic rings. The molecule has 2 N–H and O–H groups in total. The average Bonchev–Trinajstić information content (AvgIpc) is 3.04. The van der Waals surface area contributed by atoms with Gasteiger partial charge < -0.3 is 10.6 Å². The lowest BCUT2D eigenvalue weighted by Crippen LogP contribution is -2.29. The Morgan fingerprint density at radius 2 is 2.12 bits per heavy atom. The minimum absolute atomic E-state index is 0.0422. The van der Waals surface area contributed by atoms with E-state index in [0.717, 1.165) is 16.8 Å². The van der Waals surface area contributed by atoms with Gasteiger partial charge >= 0.3 is 0 Å². The van der Waals surface area contributed by atoms with Crippen molar-refractivity contribution >= 4 is 11.6 Å². The second-order valence-electron chi connectivity index (χ2n) is 4.52. The minimum atomic E-state index is 0.0422. The maximum absolute atomic E-state index is 11.6. The first-order chi connectivity index (χ1) is 7.65. The Labute approximate surface area is 96.2 Å². The highest BCUT2D eigenvalue weighted by atomic mass is 16.1. The van der Waals surface area contributed by atoms with Crippen LogP contribution in [0.3, 0.4) is 0 Å². The standard InChI is InChI=1S/C13H18N2O/c1-9-3-4-10(2)12(7-9)15-13(16)8-14-11-5-6-11/h3-4,7,11,14H,5-6,8H2,1-2H3,(H,15,16). The van der Waals surface area contributed by atoms with Crippen molar-refractivity contribution in [1.82, 2.24) is 5.32 Å². The van der Waals surface area contributed by atoms with E-state index in [1.165, 1.54) is 12.8 Å². The largest absolute Gasteiger partial charge is 0.325 e. The van der Waals surface area contributed by atoms with Crippen LogP contribution in [-0.2, 0) is 4.79 Å². The smallest absolute Gasteiger partial charge is 0.238 e. The van der Waals surface area contributed by atoms with Crippen molar-refractivity contribution < 1.29 is 4.79 Å². The van der Waals surface area contributed by atoms with Crippen molar-refractivity contribution in [2.45, 2.75) is 32.7 Å². The van der Waals surface area contributed by atoms with Crippen LogP contribution in [0.5, 0.6) is 0 Å². The second-order valence-corrected chi connectivity index (χ2v) is 4.52. The number of carbonyl (C=O) groups excluding carboxylic acids is 1. The molecule has 1 amide bonds. The van der Waals surface area contributed by atoms with Gasteiger partial charge in [-0.2, -0.15) is 0 Å². The number of hydrogen-bond donors (Lipinski definition) is 2. The highest BCUT2D eigenvalue weighted by Crippen LogP contribution is 2.18. The fourth-order valence-corrected chi connectivity index (χ4v) is 1.59. The molecule has 0 aromatic heterocycles. The van der Waals surface area contributed by atoms with E-state index in [2.05, 4.69) is 10.6 Å². The third kappa shape index (κ3) is 3.07. The lowest BCUT2D eigenvalue weighted by atomic mass is 10.1. The van der Waals surface area contributed by atoms with E-state index in [1.54, 1.807) is 0 Å². The SMILES string of the molecule is Cc1ccc(C)c(NC(=O)CNC2CC2)c1. The Morgan fingerprint density at radius 3 is 2.81 bits per heavy atom. The van der Waals surface area contributed by atoms with Crippen LogP contribution in [0.25, 0.3) is 0 Å². The number of hydrogen-bond acceptors (Lipinski definition) is 2. The molecule has 0 saturated heterocycles. The van der Waals surface area contributed by atoms with Crippen molar-refractivity contribution in [2.24, 2.45) is 0 Å². The summed E-state index contributed by atoms with van der Waals surface area (Å²) in [7, 11) is 0. The molecule has 1 aromatic rings. The fraction of sp³-hybridized carbons (Fsp3) is 0.462. The van der Waals surface area contributed by atoms with Gasteiger partial charge in [-0.15, -0.1) is 0 Å². The molecule has 1 aromatic carbocycles. The molecule has 86 valence electrons. The summed E-state index contributed by atoms with van der Waals surface area (Å²) < 4.78 is 0. The molecule has 0 bridgehead atoms. The van der Waals surface area contributed by atoms with E-state index in [9.17, 15) is 4.79 Å². The van der Waals surface area contributed by atoms with Gasteiger partial charge in [0.05, 0.1) is 6.54 Å². The third-order valence-electron chi connectivity index (χ3n) is 2.80. The molecule has 0 atom stereocenters. The van der Waals surface area contributed by atoms with Gasteiger partial charge in [0.25, 0.3) is 0 Å². The third-order valence-corrected chi connectivity index (χ3v) is 2.80. The summed E-state index contributed by atoms with van der Waals surface area (Å²) in [4.78, 5) is 11.6. The van der Waals surface area contributed by atoms with Gasteiger partial charge in [0.15, 0.2) is 0 Å². The number of anilines is 1. The summed E-state index contributed by atoms with van der Waals surface area (Å²) in [5.74, 6) is 0.0422. The van der Waals surface area contributed by atoms with Crippen LogP contribution in [0, 0.1) is 13.8 Å². The van der Waals surface area contributed by atoms with Gasteiger partial charge in [-0.3, -0.25) is 4.79 Å². The van der Waals surface area contributed by atoms with Gasteiger partial charge in [0.1, 0.15) is 0 Å². The number of amides is 1. The Balaban J connectivity index is 1.91. The highest BCUT2D eigenvalue weighted by Gasteiger charge is 2.21. The molecule has 3 heteroatoms. The highest BCUT2D eigenvalue weighted by molar-refractivity contribution is 5.93. The Kier molecular flexibility index (Phi) is 3.25. The van der Waals surface area contributed by atoms with E-state index in [1.807, 2.05) is 32.0 Å². The van der Waals surface area contributed by atoms with Crippen LogP contribution in [-0.4, -0.2) is 18.5 Å². The van der Waals surface area contributed by atoms with Crippen LogP contribution in [0.4, 0.5) is 5.69 Å². The van der Waals surface area contributed by atoms with Crippen molar-refractivity contribution in [3.8, 4) is 0 Å². The first-order valence-electron chi connectivity index (χ1n) is 5.75. The van der Waals surface area contributed by atoms with Gasteiger partial charge in [-0.1, -0.05) is 12.1 Å². The molecule has 3 nitrogen and oxygen atoms in total. The molecule has 1 fully saturated rings. The summed E-state index contributed by atoms with van der Waals surface area (Å²) in [5.41, 5.74) is 3.18. The van der Waals surface area contributed by atoms with E-state index in [4.69, 9.17) is 0 Å². The summed E-state index contributed by atoms with van der Waals surface area (Å²) in [6, 6.07) is 6.65. The Hall–Kier alpha value is -1.35. The van der Waals surface area contributed by atoms with E-state index in [0.29, 0.717) is 12.6 Å². The minimum Gasteiger partial charge on any atom is -0.325 e. The van der Waals surface area contributed by atoms with Gasteiger partial charge in [-0.05, 0) is 43.9 Å². The maximum Gasteiger partial charge on any atom is 0.238 e. The fourth-order valence-electron chi connectivity index (χ4n) is 1.59. The lowest BCUT2D eigenvalue weighted by molar-refractivity contribution is -0.115. The molecule has 0 unspecified atom stereocenters. The van der Waals surface area contributed by atoms with Crippen LogP contribution in [0.2, 0.25) is 0 Å². The van der Waals surface area contributed by atoms with Crippen molar-refractivity contribution in [3.63, 3.8) is 0 Å². The first-order valence-corrected chi connectivity index (χ1v) is 5.75. The zero-order chi connectivity index (χ0) is 11.5. The van der Waals surface area contributed by atoms with E-state index >= 15 is 0 Å². The zero-order valence-electron chi connectivity index (χ0n) is 9.84. The van der Waals surface area contributed by atoms with E-state index in [-0.39, 0.29) is 5.91 Å². The second kappa shape index (κ2) is 4.66. The number of carbonyl (C=O) groups is 1. The molecule has 0 spiro atoms. The predicted octanol–water partition coefficient (Wildman–Crippen LogP) is 1.99. The molecular weight excluding hydrogens is 200 g/mol. The summed E-state index contributed by atoms with van der Waals surface area (Å²) in [6.45, 7) is 4.44. The number of nitrogens with one attached hydrogen (secondary N) is 2. The quantitative estimate of drug-likeness (QED) is 0.811. The first kappa shape index (κ1) is 11.1. The Bertz CT molecular complexity index is 397. The molecule has 16 heavy (non-hydrogen) atoms. The van der Waals surface area contributed by atoms with Gasteiger partial charge in [0, 0.05) is 11.7 Å². The average molecular weight is 218 g/mol. The monoisotopic (exact) mass is 218 g/mol. The maximum atomic E-state index is 11.6. The topological polar surface area (TPSA) is 41.1 Å².